The number of nitrogens with zero attached hydrogens (tertiary/aromatic N) is 1. The summed E-state index contributed by atoms with van der Waals surface area (Å²) < 4.78 is 0. The van der Waals surface area contributed by atoms with Crippen LogP contribution in [0.15, 0.2) is 24.4 Å². The molecule has 12 heavy (non-hydrogen) atoms. The van der Waals surface area contributed by atoms with E-state index < -0.39 is 0 Å². The van der Waals surface area contributed by atoms with E-state index in [1.54, 1.807) is 6.20 Å². The first-order valence-electron chi connectivity index (χ1n) is 3.77. The van der Waals surface area contributed by atoms with E-state index in [0.717, 1.165) is 23.1 Å². The average Bonchev–Trinajstić information content (AvgIpc) is 2.09. The number of pyridine rings is 1. The maximum atomic E-state index is 5.68. The number of nitrogens with two attached hydrogens (primary N) is 1. The van der Waals surface area contributed by atoms with Gasteiger partial charge in [0.05, 0.1) is 11.4 Å². The Morgan fingerprint density at radius 3 is 3.08 bits per heavy atom. The van der Waals surface area contributed by atoms with E-state index in [-0.39, 0.29) is 0 Å². The Balaban J connectivity index is 2.68. The molecule has 1 aromatic rings. The highest BCUT2D eigenvalue weighted by atomic mass is 79.9. The number of anilines is 1. The van der Waals surface area contributed by atoms with Gasteiger partial charge in [0, 0.05) is 11.5 Å². The van der Waals surface area contributed by atoms with Gasteiger partial charge >= 0.3 is 0 Å². The molecule has 0 saturated heterocycles. The Morgan fingerprint density at radius 2 is 2.42 bits per heavy atom. The molecule has 1 heterocycles. The van der Waals surface area contributed by atoms with Crippen LogP contribution in [0.4, 0.5) is 5.69 Å². The van der Waals surface area contributed by atoms with Crippen LogP contribution in [-0.2, 0) is 0 Å². The Kier molecular flexibility index (Phi) is 3.80. The molecule has 64 valence electrons. The first-order valence-corrected chi connectivity index (χ1v) is 4.89. The van der Waals surface area contributed by atoms with Gasteiger partial charge in [0.15, 0.2) is 0 Å². The predicted octanol–water partition coefficient (Wildman–Crippen LogP) is 2.46. The molecule has 1 rings (SSSR count). The number of hydrogen-bond donors (Lipinski definition) is 1. The summed E-state index contributed by atoms with van der Waals surface area (Å²) in [6.45, 7) is 0. The molecule has 0 spiro atoms. The lowest BCUT2D eigenvalue weighted by atomic mass is 10.2. The maximum absolute atomic E-state index is 5.68. The molecule has 0 aromatic carbocycles. The zero-order valence-corrected chi connectivity index (χ0v) is 8.29. The fraction of sp³-hybridized carbons (Fsp3) is 0.222. The van der Waals surface area contributed by atoms with Crippen LogP contribution < -0.4 is 5.73 Å². The monoisotopic (exact) mass is 226 g/mol. The molecular formula is C9H11BrN2. The average molecular weight is 227 g/mol. The zero-order valence-electron chi connectivity index (χ0n) is 6.70. The third-order valence-corrected chi connectivity index (χ3v) is 1.88. The molecule has 0 unspecified atom stereocenters. The van der Waals surface area contributed by atoms with Crippen LogP contribution in [0.25, 0.3) is 6.08 Å². The minimum atomic E-state index is 0.725. The summed E-state index contributed by atoms with van der Waals surface area (Å²) in [5.41, 5.74) is 7.25. The number of alkyl halides is 1. The highest BCUT2D eigenvalue weighted by molar-refractivity contribution is 9.09. The number of hydrogen-bond acceptors (Lipinski definition) is 2. The van der Waals surface area contributed by atoms with Gasteiger partial charge in [-0.05, 0) is 24.6 Å². The van der Waals surface area contributed by atoms with Crippen molar-refractivity contribution in [3.8, 4) is 0 Å². The number of aromatic nitrogens is 1. The van der Waals surface area contributed by atoms with Crippen molar-refractivity contribution in [3.05, 3.63) is 30.1 Å². The lowest BCUT2D eigenvalue weighted by molar-refractivity contribution is 1.25. The van der Waals surface area contributed by atoms with Gasteiger partial charge < -0.3 is 5.73 Å². The molecule has 2 nitrogen and oxygen atoms in total. The number of nitrogen functional groups attached to an aromatic ring is 1. The first-order chi connectivity index (χ1) is 5.84. The van der Waals surface area contributed by atoms with E-state index in [1.807, 2.05) is 24.3 Å². The van der Waals surface area contributed by atoms with Crippen LogP contribution >= 0.6 is 15.9 Å². The van der Waals surface area contributed by atoms with E-state index in [1.165, 1.54) is 0 Å². The molecule has 0 aliphatic rings. The molecule has 0 saturated carbocycles. The maximum Gasteiger partial charge on any atom is 0.0855 e. The van der Waals surface area contributed by atoms with Crippen LogP contribution in [0.2, 0.25) is 0 Å². The predicted molar refractivity (Wildman–Crippen MR) is 56.1 cm³/mol. The molecule has 0 bridgehead atoms. The molecule has 0 amide bonds. The first kappa shape index (κ1) is 9.26. The molecule has 1 aromatic heterocycles. The van der Waals surface area contributed by atoms with E-state index in [2.05, 4.69) is 20.9 Å². The molecule has 3 heteroatoms. The molecule has 0 atom stereocenters. The van der Waals surface area contributed by atoms with Gasteiger partial charge in [0.2, 0.25) is 0 Å². The van der Waals surface area contributed by atoms with Gasteiger partial charge in [0.1, 0.15) is 0 Å². The third kappa shape index (κ3) is 2.66. The quantitative estimate of drug-likeness (QED) is 0.805. The van der Waals surface area contributed by atoms with Crippen molar-refractivity contribution in [2.24, 2.45) is 0 Å². The topological polar surface area (TPSA) is 38.9 Å². The van der Waals surface area contributed by atoms with Gasteiger partial charge in [-0.3, -0.25) is 4.98 Å². The van der Waals surface area contributed by atoms with Crippen molar-refractivity contribution in [1.82, 2.24) is 4.98 Å². The second kappa shape index (κ2) is 4.93. The second-order valence-corrected chi connectivity index (χ2v) is 3.15. The fourth-order valence-electron chi connectivity index (χ4n) is 0.827. The summed E-state index contributed by atoms with van der Waals surface area (Å²) in [7, 11) is 0. The summed E-state index contributed by atoms with van der Waals surface area (Å²) in [5, 5.41) is 0.968. The van der Waals surface area contributed by atoms with Gasteiger partial charge in [-0.15, -0.1) is 0 Å². The Bertz CT molecular complexity index is 271. The number of allylic oxidation sites excluding steroid dienone is 1. The van der Waals surface area contributed by atoms with E-state index in [4.69, 9.17) is 5.73 Å². The summed E-state index contributed by atoms with van der Waals surface area (Å²) in [4.78, 5) is 4.12. The summed E-state index contributed by atoms with van der Waals surface area (Å²) in [6, 6.07) is 3.68. The second-order valence-electron chi connectivity index (χ2n) is 2.36. The largest absolute Gasteiger partial charge is 0.397 e. The summed E-state index contributed by atoms with van der Waals surface area (Å²) in [5.74, 6) is 0. The zero-order chi connectivity index (χ0) is 8.81. The van der Waals surface area contributed by atoms with Crippen LogP contribution in [0, 0.1) is 0 Å². The van der Waals surface area contributed by atoms with E-state index >= 15 is 0 Å². The highest BCUT2D eigenvalue weighted by Crippen LogP contribution is 2.08. The molecule has 0 aliphatic heterocycles. The lowest BCUT2D eigenvalue weighted by Crippen LogP contribution is -1.90. The van der Waals surface area contributed by atoms with Crippen molar-refractivity contribution in [2.75, 3.05) is 11.1 Å². The van der Waals surface area contributed by atoms with Crippen molar-refractivity contribution >= 4 is 27.7 Å². The Morgan fingerprint density at radius 1 is 1.58 bits per heavy atom. The summed E-state index contributed by atoms with van der Waals surface area (Å²) in [6.07, 6.45) is 6.73. The van der Waals surface area contributed by atoms with E-state index in [9.17, 15) is 0 Å². The summed E-state index contributed by atoms with van der Waals surface area (Å²) >= 11 is 3.34. The Labute approximate surface area is 80.6 Å². The van der Waals surface area contributed by atoms with Crippen LogP contribution in [0.5, 0.6) is 0 Å². The van der Waals surface area contributed by atoms with Crippen molar-refractivity contribution in [1.29, 1.82) is 0 Å². The highest BCUT2D eigenvalue weighted by Gasteiger charge is 1.91. The van der Waals surface area contributed by atoms with Gasteiger partial charge in [-0.2, -0.15) is 0 Å². The van der Waals surface area contributed by atoms with Crippen molar-refractivity contribution in [3.63, 3.8) is 0 Å². The van der Waals surface area contributed by atoms with Gasteiger partial charge in [-0.1, -0.05) is 22.0 Å². The molecule has 0 radical (unpaired) electrons. The molecule has 0 fully saturated rings. The smallest absolute Gasteiger partial charge is 0.0855 e. The van der Waals surface area contributed by atoms with Crippen molar-refractivity contribution < 1.29 is 0 Å². The standard InChI is InChI=1S/C9H11BrN2/c10-6-2-1-5-9-8(11)4-3-7-12-9/h1,3-5,7H,2,6,11H2. The minimum absolute atomic E-state index is 0.725. The molecule has 2 N–H and O–H groups in total. The van der Waals surface area contributed by atoms with Crippen LogP contribution in [-0.4, -0.2) is 10.3 Å². The van der Waals surface area contributed by atoms with Gasteiger partial charge in [-0.25, -0.2) is 0 Å². The van der Waals surface area contributed by atoms with Crippen LogP contribution in [0.3, 0.4) is 0 Å². The van der Waals surface area contributed by atoms with E-state index in [0.29, 0.717) is 0 Å². The lowest BCUT2D eigenvalue weighted by Gasteiger charge is -1.96. The number of rotatable bonds is 3. The Hall–Kier alpha value is -0.830. The van der Waals surface area contributed by atoms with Gasteiger partial charge in [0.25, 0.3) is 0 Å². The molecular weight excluding hydrogens is 216 g/mol. The normalized spacial score (nSPS) is 10.8. The number of halogens is 1. The van der Waals surface area contributed by atoms with Crippen LogP contribution in [0.1, 0.15) is 12.1 Å². The molecule has 0 aliphatic carbocycles. The minimum Gasteiger partial charge on any atom is -0.397 e. The third-order valence-electron chi connectivity index (χ3n) is 1.42. The van der Waals surface area contributed by atoms with Crippen molar-refractivity contribution in [2.45, 2.75) is 6.42 Å². The SMILES string of the molecule is Nc1cccnc1C=CCCBr. The fourth-order valence-corrected chi connectivity index (χ4v) is 1.09.